The number of nitrogens with zero attached hydrogens (tertiary/aromatic N) is 3. The molecular weight excluding hydrogens is 455 g/mol. The second kappa shape index (κ2) is 12.7. The topological polar surface area (TPSA) is 95.6 Å². The Morgan fingerprint density at radius 2 is 2.07 bits per heavy atom. The van der Waals surface area contributed by atoms with Crippen molar-refractivity contribution in [2.45, 2.75) is 46.1 Å². The minimum Gasteiger partial charge on any atom is -0.369 e. The van der Waals surface area contributed by atoms with Gasteiger partial charge in [0.05, 0.1) is 6.54 Å². The van der Waals surface area contributed by atoms with E-state index in [9.17, 15) is 4.79 Å². The number of piperidine rings is 1. The van der Waals surface area contributed by atoms with Crippen molar-refractivity contribution in [1.82, 2.24) is 15.6 Å². The summed E-state index contributed by atoms with van der Waals surface area (Å²) in [6.45, 7) is 8.17. The van der Waals surface area contributed by atoms with Crippen molar-refractivity contribution in [3.8, 4) is 0 Å². The van der Waals surface area contributed by atoms with Gasteiger partial charge in [0, 0.05) is 43.9 Å². The maximum Gasteiger partial charge on any atom is 0.220 e. The van der Waals surface area contributed by atoms with E-state index < -0.39 is 0 Å². The number of aliphatic imine (C=N–C) groups is 1. The van der Waals surface area contributed by atoms with E-state index in [-0.39, 0.29) is 35.8 Å². The Kier molecular flexibility index (Phi) is 11.1. The molecule has 0 atom stereocenters. The summed E-state index contributed by atoms with van der Waals surface area (Å²) in [4.78, 5) is 22.9. The third kappa shape index (κ3) is 7.51. The highest BCUT2D eigenvalue weighted by Gasteiger charge is 2.24. The second-order valence-electron chi connectivity index (χ2n) is 6.63. The average Bonchev–Trinajstić information content (AvgIpc) is 2.66. The van der Waals surface area contributed by atoms with Gasteiger partial charge in [-0.3, -0.25) is 4.79 Å². The van der Waals surface area contributed by atoms with Crippen LogP contribution < -0.4 is 21.3 Å². The normalized spacial score (nSPS) is 15.2. The minimum atomic E-state index is -0.191. The number of primary amides is 1. The zero-order valence-corrected chi connectivity index (χ0v) is 18.7. The first kappa shape index (κ1) is 23.5. The number of hydrogen-bond acceptors (Lipinski definition) is 4. The van der Waals surface area contributed by atoms with Gasteiger partial charge in [-0.1, -0.05) is 19.4 Å². The Morgan fingerprint density at radius 1 is 1.33 bits per heavy atom. The van der Waals surface area contributed by atoms with Crippen LogP contribution in [-0.4, -0.2) is 43.0 Å². The Bertz CT molecular complexity index is 602. The highest BCUT2D eigenvalue weighted by Crippen LogP contribution is 2.24. The Hall–Kier alpha value is -1.58. The van der Waals surface area contributed by atoms with Gasteiger partial charge in [-0.25, -0.2) is 9.98 Å². The number of nitrogens with two attached hydrogens (primary N) is 1. The van der Waals surface area contributed by atoms with E-state index in [4.69, 9.17) is 10.7 Å². The average molecular weight is 488 g/mol. The second-order valence-corrected chi connectivity index (χ2v) is 6.63. The largest absolute Gasteiger partial charge is 0.369 e. The number of nitrogens with one attached hydrogen (secondary N) is 2. The number of carbonyl (C=O) groups is 1. The number of anilines is 1. The van der Waals surface area contributed by atoms with Crippen LogP contribution in [0.2, 0.25) is 0 Å². The van der Waals surface area contributed by atoms with Gasteiger partial charge in [-0.05, 0) is 32.3 Å². The number of guanidine groups is 1. The van der Waals surface area contributed by atoms with Gasteiger partial charge in [0.15, 0.2) is 5.96 Å². The molecule has 0 bridgehead atoms. The smallest absolute Gasteiger partial charge is 0.220 e. The molecule has 1 fully saturated rings. The van der Waals surface area contributed by atoms with Crippen molar-refractivity contribution >= 4 is 41.7 Å². The molecule has 1 amide bonds. The van der Waals surface area contributed by atoms with Crippen molar-refractivity contribution in [3.63, 3.8) is 0 Å². The third-order valence-electron chi connectivity index (χ3n) is 4.64. The van der Waals surface area contributed by atoms with Crippen molar-refractivity contribution < 1.29 is 4.79 Å². The molecule has 0 radical (unpaired) electrons. The van der Waals surface area contributed by atoms with Gasteiger partial charge in [-0.2, -0.15) is 0 Å². The van der Waals surface area contributed by atoms with E-state index in [0.29, 0.717) is 6.54 Å². The Balaban J connectivity index is 0.00000364. The molecule has 0 saturated carbocycles. The molecule has 1 saturated heterocycles. The van der Waals surface area contributed by atoms with Crippen LogP contribution in [0, 0.1) is 5.92 Å². The van der Waals surface area contributed by atoms with Gasteiger partial charge in [-0.15, -0.1) is 24.0 Å². The standard InChI is InChI=1S/C19H32N6O.HI/c1-3-5-10-23-19(21-4-2)24-14-16-7-6-11-22-18(16)25-12-8-15(9-13-25)17(20)26;/h6-7,11,15H,3-5,8-10,12-14H2,1-2H3,(H2,20,26)(H2,21,23,24);1H. The van der Waals surface area contributed by atoms with E-state index in [0.717, 1.165) is 69.2 Å². The summed E-state index contributed by atoms with van der Waals surface area (Å²) in [5.74, 6) is 1.59. The quantitative estimate of drug-likeness (QED) is 0.226. The van der Waals surface area contributed by atoms with Crippen LogP contribution in [0.15, 0.2) is 23.3 Å². The summed E-state index contributed by atoms with van der Waals surface area (Å²) in [6.07, 6.45) is 5.66. The lowest BCUT2D eigenvalue weighted by Gasteiger charge is -2.32. The summed E-state index contributed by atoms with van der Waals surface area (Å²) in [6, 6.07) is 4.02. The molecule has 7 nitrogen and oxygen atoms in total. The minimum absolute atomic E-state index is 0. The number of aromatic nitrogens is 1. The fourth-order valence-corrected chi connectivity index (χ4v) is 3.10. The summed E-state index contributed by atoms with van der Waals surface area (Å²) in [5.41, 5.74) is 6.53. The number of amides is 1. The lowest BCUT2D eigenvalue weighted by atomic mass is 9.96. The maximum atomic E-state index is 11.4. The highest BCUT2D eigenvalue weighted by atomic mass is 127. The predicted octanol–water partition coefficient (Wildman–Crippen LogP) is 2.26. The van der Waals surface area contributed by atoms with Crippen molar-refractivity contribution in [3.05, 3.63) is 23.9 Å². The summed E-state index contributed by atoms with van der Waals surface area (Å²) < 4.78 is 0. The number of halogens is 1. The first-order chi connectivity index (χ1) is 12.7. The lowest BCUT2D eigenvalue weighted by Crippen LogP contribution is -2.39. The third-order valence-corrected chi connectivity index (χ3v) is 4.64. The van der Waals surface area contributed by atoms with E-state index in [1.54, 1.807) is 0 Å². The Labute approximate surface area is 179 Å². The molecule has 152 valence electrons. The summed E-state index contributed by atoms with van der Waals surface area (Å²) in [5, 5.41) is 6.65. The van der Waals surface area contributed by atoms with E-state index in [2.05, 4.69) is 40.4 Å². The number of rotatable bonds is 8. The van der Waals surface area contributed by atoms with Crippen molar-refractivity contribution in [2.75, 3.05) is 31.1 Å². The lowest BCUT2D eigenvalue weighted by molar-refractivity contribution is -0.122. The first-order valence-corrected chi connectivity index (χ1v) is 9.66. The van der Waals surface area contributed by atoms with E-state index in [1.807, 2.05) is 12.3 Å². The fraction of sp³-hybridized carbons (Fsp3) is 0.632. The number of carbonyl (C=O) groups excluding carboxylic acids is 1. The highest BCUT2D eigenvalue weighted by molar-refractivity contribution is 14.0. The van der Waals surface area contributed by atoms with Gasteiger partial charge in [0.2, 0.25) is 5.91 Å². The van der Waals surface area contributed by atoms with E-state index in [1.165, 1.54) is 0 Å². The molecule has 0 unspecified atom stereocenters. The van der Waals surface area contributed by atoms with Gasteiger partial charge >= 0.3 is 0 Å². The number of pyridine rings is 1. The van der Waals surface area contributed by atoms with Crippen LogP contribution >= 0.6 is 24.0 Å². The summed E-state index contributed by atoms with van der Waals surface area (Å²) in [7, 11) is 0. The molecule has 4 N–H and O–H groups in total. The molecule has 0 aromatic carbocycles. The molecule has 1 aromatic heterocycles. The fourth-order valence-electron chi connectivity index (χ4n) is 3.10. The SMILES string of the molecule is CCCCNC(=NCc1cccnc1N1CCC(C(N)=O)CC1)NCC.I. The van der Waals surface area contributed by atoms with Crippen LogP contribution in [0.1, 0.15) is 45.1 Å². The Morgan fingerprint density at radius 3 is 2.70 bits per heavy atom. The molecule has 0 aliphatic carbocycles. The maximum absolute atomic E-state index is 11.4. The molecule has 1 aliphatic heterocycles. The predicted molar refractivity (Wildman–Crippen MR) is 122 cm³/mol. The summed E-state index contributed by atoms with van der Waals surface area (Å²) >= 11 is 0. The molecular formula is C19H33IN6O. The molecule has 1 aliphatic rings. The monoisotopic (exact) mass is 488 g/mol. The molecule has 8 heteroatoms. The van der Waals surface area contributed by atoms with Gasteiger partial charge < -0.3 is 21.3 Å². The van der Waals surface area contributed by atoms with Crippen molar-refractivity contribution in [2.24, 2.45) is 16.6 Å². The van der Waals surface area contributed by atoms with Crippen molar-refractivity contribution in [1.29, 1.82) is 0 Å². The number of hydrogen-bond donors (Lipinski definition) is 3. The van der Waals surface area contributed by atoms with Crippen LogP contribution in [0.3, 0.4) is 0 Å². The molecule has 1 aromatic rings. The van der Waals surface area contributed by atoms with Crippen LogP contribution in [0.25, 0.3) is 0 Å². The van der Waals surface area contributed by atoms with Gasteiger partial charge in [0.25, 0.3) is 0 Å². The first-order valence-electron chi connectivity index (χ1n) is 9.66. The number of unbranched alkanes of at least 4 members (excludes halogenated alkanes) is 1. The van der Waals surface area contributed by atoms with Crippen LogP contribution in [-0.2, 0) is 11.3 Å². The van der Waals surface area contributed by atoms with Gasteiger partial charge in [0.1, 0.15) is 5.82 Å². The molecule has 2 rings (SSSR count). The van der Waals surface area contributed by atoms with E-state index >= 15 is 0 Å². The molecule has 2 heterocycles. The zero-order chi connectivity index (χ0) is 18.8. The van der Waals surface area contributed by atoms with Crippen LogP contribution in [0.5, 0.6) is 0 Å². The molecule has 0 spiro atoms. The zero-order valence-electron chi connectivity index (χ0n) is 16.4. The van der Waals surface area contributed by atoms with Crippen LogP contribution in [0.4, 0.5) is 5.82 Å². The molecule has 27 heavy (non-hydrogen) atoms.